The summed E-state index contributed by atoms with van der Waals surface area (Å²) in [6.45, 7) is 0. The van der Waals surface area contributed by atoms with Gasteiger partial charge in [0.15, 0.2) is 0 Å². The molecule has 3 unspecified atom stereocenters. The lowest BCUT2D eigenvalue weighted by Crippen LogP contribution is -2.34. The summed E-state index contributed by atoms with van der Waals surface area (Å²) in [6, 6.07) is 10.8. The summed E-state index contributed by atoms with van der Waals surface area (Å²) in [6.07, 6.45) is 6.51. The van der Waals surface area contributed by atoms with E-state index in [1.807, 2.05) is 0 Å². The zero-order chi connectivity index (χ0) is 9.93. The molecule has 1 saturated carbocycles. The Morgan fingerprint density at radius 3 is 2.80 bits per heavy atom. The highest BCUT2D eigenvalue weighted by molar-refractivity contribution is 5.30. The van der Waals surface area contributed by atoms with E-state index in [9.17, 15) is 0 Å². The molecule has 1 nitrogen and oxygen atoms in total. The molecular weight excluding hydrogens is 184 g/mol. The molecule has 0 amide bonds. The molecule has 2 heterocycles. The van der Waals surface area contributed by atoms with Crippen molar-refractivity contribution in [3.05, 3.63) is 35.9 Å². The Morgan fingerprint density at radius 2 is 1.93 bits per heavy atom. The van der Waals surface area contributed by atoms with Gasteiger partial charge in [0, 0.05) is 0 Å². The third kappa shape index (κ3) is 0.971. The van der Waals surface area contributed by atoms with Gasteiger partial charge in [0.25, 0.3) is 0 Å². The molecule has 0 N–H and O–H groups in total. The van der Waals surface area contributed by atoms with Gasteiger partial charge in [-0.15, -0.1) is 0 Å². The van der Waals surface area contributed by atoms with Crippen molar-refractivity contribution in [2.45, 2.75) is 43.3 Å². The Hall–Kier alpha value is -0.820. The number of rotatable bonds is 1. The highest BCUT2D eigenvalue weighted by atomic mass is 16.5. The van der Waals surface area contributed by atoms with Crippen LogP contribution in [0.4, 0.5) is 0 Å². The van der Waals surface area contributed by atoms with Gasteiger partial charge in [-0.2, -0.15) is 0 Å². The van der Waals surface area contributed by atoms with Crippen LogP contribution >= 0.6 is 0 Å². The Bertz CT molecular complexity index is 399. The van der Waals surface area contributed by atoms with Gasteiger partial charge >= 0.3 is 0 Å². The van der Waals surface area contributed by atoms with E-state index in [0.717, 1.165) is 5.92 Å². The van der Waals surface area contributed by atoms with Crippen molar-refractivity contribution in [2.75, 3.05) is 0 Å². The number of ether oxygens (including phenoxy) is 1. The minimum absolute atomic E-state index is 0.0996. The summed E-state index contributed by atoms with van der Waals surface area (Å²) in [5.41, 5.74) is 1.84. The molecule has 0 radical (unpaired) electrons. The zero-order valence-corrected chi connectivity index (χ0v) is 8.91. The van der Waals surface area contributed by atoms with Crippen LogP contribution in [0, 0.1) is 5.92 Å². The van der Waals surface area contributed by atoms with Crippen LogP contribution in [-0.2, 0) is 10.3 Å². The third-order valence-corrected chi connectivity index (χ3v) is 4.63. The fourth-order valence-electron chi connectivity index (χ4n) is 3.82. The first kappa shape index (κ1) is 8.35. The predicted molar refractivity (Wildman–Crippen MR) is 58.5 cm³/mol. The molecule has 15 heavy (non-hydrogen) atoms. The van der Waals surface area contributed by atoms with Crippen molar-refractivity contribution in [3.63, 3.8) is 0 Å². The largest absolute Gasteiger partial charge is 0.364 e. The summed E-state index contributed by atoms with van der Waals surface area (Å²) in [5.74, 6) is 0.875. The van der Waals surface area contributed by atoms with Crippen molar-refractivity contribution in [3.8, 4) is 0 Å². The van der Waals surface area contributed by atoms with Crippen LogP contribution in [0.1, 0.15) is 37.7 Å². The van der Waals surface area contributed by atoms with Crippen molar-refractivity contribution in [1.82, 2.24) is 0 Å². The van der Waals surface area contributed by atoms with Crippen LogP contribution in [0.5, 0.6) is 0 Å². The Kier molecular flexibility index (Phi) is 1.37. The molecule has 1 aromatic rings. The molecule has 1 spiro atoms. The summed E-state index contributed by atoms with van der Waals surface area (Å²) >= 11 is 0. The Morgan fingerprint density at radius 1 is 1.07 bits per heavy atom. The van der Waals surface area contributed by atoms with Crippen LogP contribution in [-0.4, -0.2) is 5.60 Å². The van der Waals surface area contributed by atoms with Crippen LogP contribution in [0.25, 0.3) is 0 Å². The van der Waals surface area contributed by atoms with Gasteiger partial charge < -0.3 is 4.74 Å². The second-order valence-corrected chi connectivity index (χ2v) is 5.49. The first-order chi connectivity index (χ1) is 7.33. The molecule has 1 heteroatoms. The highest BCUT2D eigenvalue weighted by Crippen LogP contribution is 2.68. The second kappa shape index (κ2) is 2.46. The van der Waals surface area contributed by atoms with Crippen LogP contribution in [0.3, 0.4) is 0 Å². The molecule has 78 valence electrons. The molecule has 1 aromatic carbocycles. The number of hydrogen-bond donors (Lipinski definition) is 0. The van der Waals surface area contributed by atoms with E-state index < -0.39 is 0 Å². The van der Waals surface area contributed by atoms with Gasteiger partial charge in [0.05, 0.1) is 11.2 Å². The molecule has 4 rings (SSSR count). The van der Waals surface area contributed by atoms with Gasteiger partial charge in [-0.25, -0.2) is 0 Å². The molecule has 2 aliphatic heterocycles. The fraction of sp³-hybridized carbons (Fsp3) is 0.571. The van der Waals surface area contributed by atoms with Crippen LogP contribution < -0.4 is 0 Å². The lowest BCUT2D eigenvalue weighted by molar-refractivity contribution is -0.117. The maximum absolute atomic E-state index is 6.43. The standard InChI is InChI=1S/C14H16O/c1-2-5-11(6-3-1)13-7-4-8-14(15-13)10-12(14)9-13/h1-3,5-6,12H,4,7-10H2. The molecule has 0 aromatic heterocycles. The van der Waals surface area contributed by atoms with Crippen molar-refractivity contribution in [1.29, 1.82) is 0 Å². The average molecular weight is 200 g/mol. The van der Waals surface area contributed by atoms with E-state index in [-0.39, 0.29) is 5.60 Å². The summed E-state index contributed by atoms with van der Waals surface area (Å²) in [4.78, 5) is 0. The van der Waals surface area contributed by atoms with Gasteiger partial charge in [0.1, 0.15) is 0 Å². The first-order valence-corrected chi connectivity index (χ1v) is 6.09. The van der Waals surface area contributed by atoms with Gasteiger partial charge in [-0.3, -0.25) is 0 Å². The second-order valence-electron chi connectivity index (χ2n) is 5.49. The van der Waals surface area contributed by atoms with E-state index in [1.165, 1.54) is 37.7 Å². The normalized spacial score (nSPS) is 46.3. The number of benzene rings is 1. The van der Waals surface area contributed by atoms with E-state index in [2.05, 4.69) is 30.3 Å². The van der Waals surface area contributed by atoms with Crippen LogP contribution in [0.2, 0.25) is 0 Å². The fourth-order valence-corrected chi connectivity index (χ4v) is 3.82. The van der Waals surface area contributed by atoms with Gasteiger partial charge in [-0.05, 0) is 43.6 Å². The Balaban J connectivity index is 1.77. The minimum Gasteiger partial charge on any atom is -0.364 e. The minimum atomic E-state index is 0.0996. The monoisotopic (exact) mass is 200 g/mol. The Labute approximate surface area is 90.4 Å². The summed E-state index contributed by atoms with van der Waals surface area (Å²) in [7, 11) is 0. The number of hydrogen-bond acceptors (Lipinski definition) is 1. The van der Waals surface area contributed by atoms with Crippen LogP contribution in [0.15, 0.2) is 30.3 Å². The van der Waals surface area contributed by atoms with Crippen molar-refractivity contribution < 1.29 is 4.74 Å². The molecule has 3 aliphatic rings. The van der Waals surface area contributed by atoms with Crippen molar-refractivity contribution >= 4 is 0 Å². The molecule has 2 saturated heterocycles. The van der Waals surface area contributed by atoms with E-state index in [4.69, 9.17) is 4.74 Å². The molecular formula is C14H16O. The maximum atomic E-state index is 6.43. The summed E-state index contributed by atoms with van der Waals surface area (Å²) in [5, 5.41) is 0. The number of fused-ring (bicyclic) bond motifs is 1. The molecule has 1 aliphatic carbocycles. The van der Waals surface area contributed by atoms with E-state index >= 15 is 0 Å². The average Bonchev–Trinajstić information content (AvgIpc) is 2.85. The predicted octanol–water partition coefficient (Wildman–Crippen LogP) is 3.24. The lowest BCUT2D eigenvalue weighted by Gasteiger charge is -2.37. The molecule has 3 atom stereocenters. The van der Waals surface area contributed by atoms with E-state index in [0.29, 0.717) is 5.60 Å². The molecule has 2 bridgehead atoms. The summed E-state index contributed by atoms with van der Waals surface area (Å²) < 4.78 is 6.43. The highest BCUT2D eigenvalue weighted by Gasteiger charge is 2.68. The smallest absolute Gasteiger partial charge is 0.0942 e. The molecule has 3 fully saturated rings. The van der Waals surface area contributed by atoms with Gasteiger partial charge in [-0.1, -0.05) is 30.3 Å². The lowest BCUT2D eigenvalue weighted by atomic mass is 9.84. The van der Waals surface area contributed by atoms with Gasteiger partial charge in [0.2, 0.25) is 0 Å². The quantitative estimate of drug-likeness (QED) is 0.676. The SMILES string of the molecule is c1ccc(C23CCCC4(CC4C2)O3)cc1. The van der Waals surface area contributed by atoms with E-state index in [1.54, 1.807) is 0 Å². The third-order valence-electron chi connectivity index (χ3n) is 4.63. The van der Waals surface area contributed by atoms with Crippen molar-refractivity contribution in [2.24, 2.45) is 5.92 Å². The first-order valence-electron chi connectivity index (χ1n) is 6.09. The maximum Gasteiger partial charge on any atom is 0.0942 e. The topological polar surface area (TPSA) is 9.23 Å². The zero-order valence-electron chi connectivity index (χ0n) is 8.91.